The van der Waals surface area contributed by atoms with Crippen molar-refractivity contribution >= 4 is 35.2 Å². The monoisotopic (exact) mass is 478 g/mol. The molecule has 0 bridgehead atoms. The Hall–Kier alpha value is -4.17. The van der Waals surface area contributed by atoms with Gasteiger partial charge in [0.15, 0.2) is 23.0 Å². The number of halogens is 1. The summed E-state index contributed by atoms with van der Waals surface area (Å²) in [4.78, 5) is 25.3. The van der Waals surface area contributed by atoms with E-state index in [9.17, 15) is 9.59 Å². The van der Waals surface area contributed by atoms with Gasteiger partial charge in [0.2, 0.25) is 6.79 Å². The van der Waals surface area contributed by atoms with Gasteiger partial charge in [-0.15, -0.1) is 0 Å². The van der Waals surface area contributed by atoms with Crippen molar-refractivity contribution in [2.24, 2.45) is 0 Å². The fraction of sp³-hybridized carbons (Fsp3) is 0.120. The lowest BCUT2D eigenvalue weighted by Gasteiger charge is -2.14. The summed E-state index contributed by atoms with van der Waals surface area (Å²) in [6, 6.07) is 17.6. The molecule has 2 aliphatic rings. The van der Waals surface area contributed by atoms with Gasteiger partial charge in [-0.25, -0.2) is 5.01 Å². The maximum atomic E-state index is 12.8. The Bertz CT molecular complexity index is 1310. The highest BCUT2D eigenvalue weighted by Gasteiger charge is 2.34. The molecule has 0 radical (unpaired) electrons. The molecule has 2 amide bonds. The fourth-order valence-corrected chi connectivity index (χ4v) is 3.91. The molecule has 0 aromatic heterocycles. The molecule has 1 fully saturated rings. The molecule has 1 N–H and O–H groups in total. The number of amides is 2. The van der Waals surface area contributed by atoms with E-state index in [4.69, 9.17) is 30.5 Å². The van der Waals surface area contributed by atoms with Gasteiger partial charge in [-0.3, -0.25) is 15.0 Å². The van der Waals surface area contributed by atoms with Gasteiger partial charge in [0.1, 0.15) is 12.2 Å². The number of carbonyl (C=O) groups is 2. The van der Waals surface area contributed by atoms with Gasteiger partial charge in [0.25, 0.3) is 11.8 Å². The fourth-order valence-electron chi connectivity index (χ4n) is 3.63. The highest BCUT2D eigenvalue weighted by molar-refractivity contribution is 6.33. The Morgan fingerprint density at radius 3 is 2.65 bits per heavy atom. The van der Waals surface area contributed by atoms with Gasteiger partial charge in [0.05, 0.1) is 17.8 Å². The highest BCUT2D eigenvalue weighted by Crippen LogP contribution is 2.39. The summed E-state index contributed by atoms with van der Waals surface area (Å²) in [5, 5.41) is 1.48. The minimum Gasteiger partial charge on any atom is -0.493 e. The normalized spacial score (nSPS) is 15.6. The van der Waals surface area contributed by atoms with Crippen LogP contribution < -0.4 is 29.4 Å². The van der Waals surface area contributed by atoms with Crippen molar-refractivity contribution < 1.29 is 28.5 Å². The zero-order valence-electron chi connectivity index (χ0n) is 18.0. The number of nitrogens with zero attached hydrogens (tertiary/aromatic N) is 1. The molecular formula is C25H19ClN2O6. The van der Waals surface area contributed by atoms with E-state index in [1.807, 2.05) is 24.3 Å². The predicted molar refractivity (Wildman–Crippen MR) is 125 cm³/mol. The number of rotatable bonds is 6. The number of ether oxygens (including phenoxy) is 4. The third-order valence-corrected chi connectivity index (χ3v) is 5.57. The maximum absolute atomic E-state index is 12.8. The number of hydrogen-bond acceptors (Lipinski definition) is 6. The number of carbonyl (C=O) groups excluding carboxylic acids is 2. The van der Waals surface area contributed by atoms with E-state index in [2.05, 4.69) is 5.43 Å². The first-order chi connectivity index (χ1) is 16.5. The summed E-state index contributed by atoms with van der Waals surface area (Å²) in [5.41, 5.74) is 4.50. The zero-order chi connectivity index (χ0) is 23.7. The minimum absolute atomic E-state index is 0.0176. The number of para-hydroxylation sites is 1. The van der Waals surface area contributed by atoms with Crippen molar-refractivity contribution in [2.45, 2.75) is 6.61 Å². The number of benzene rings is 3. The van der Waals surface area contributed by atoms with Crippen LogP contribution >= 0.6 is 11.6 Å². The molecule has 172 valence electrons. The molecule has 5 rings (SSSR count). The minimum atomic E-state index is -0.507. The van der Waals surface area contributed by atoms with E-state index < -0.39 is 11.8 Å². The predicted octanol–water partition coefficient (Wildman–Crippen LogP) is 4.12. The largest absolute Gasteiger partial charge is 0.493 e. The Morgan fingerprint density at radius 2 is 1.85 bits per heavy atom. The van der Waals surface area contributed by atoms with Crippen LogP contribution in [0.15, 0.2) is 66.2 Å². The number of anilines is 1. The Labute approximate surface area is 200 Å². The molecule has 3 aromatic carbocycles. The van der Waals surface area contributed by atoms with Gasteiger partial charge in [0, 0.05) is 0 Å². The summed E-state index contributed by atoms with van der Waals surface area (Å²) in [6.07, 6.45) is 1.47. The molecule has 1 saturated heterocycles. The molecule has 9 heteroatoms. The van der Waals surface area contributed by atoms with Crippen LogP contribution in [-0.4, -0.2) is 25.7 Å². The standard InChI is InChI=1S/C25H19ClN2O6/c1-31-22-12-16(9-18-24(29)27-28(25(18)30)17-5-3-2-4-6-17)10-19(26)23(22)32-13-15-7-8-20-21(11-15)34-14-33-20/h2-12H,13-14H2,1H3,(H,27,29). The van der Waals surface area contributed by atoms with Crippen LogP contribution in [0.1, 0.15) is 11.1 Å². The van der Waals surface area contributed by atoms with E-state index in [0.29, 0.717) is 34.2 Å². The van der Waals surface area contributed by atoms with Gasteiger partial charge in [-0.1, -0.05) is 35.9 Å². The average molecular weight is 479 g/mol. The number of methoxy groups -OCH3 is 1. The average Bonchev–Trinajstić information content (AvgIpc) is 3.43. The van der Waals surface area contributed by atoms with Crippen LogP contribution in [0, 0.1) is 0 Å². The first kappa shape index (κ1) is 21.7. The lowest BCUT2D eigenvalue weighted by atomic mass is 10.1. The second kappa shape index (κ2) is 8.99. The van der Waals surface area contributed by atoms with E-state index in [1.54, 1.807) is 36.4 Å². The van der Waals surface area contributed by atoms with Crippen LogP contribution in [-0.2, 0) is 16.2 Å². The van der Waals surface area contributed by atoms with Crippen LogP contribution in [0.25, 0.3) is 6.08 Å². The molecule has 34 heavy (non-hydrogen) atoms. The second-order valence-corrected chi connectivity index (χ2v) is 7.89. The van der Waals surface area contributed by atoms with Crippen LogP contribution in [0.5, 0.6) is 23.0 Å². The van der Waals surface area contributed by atoms with Crippen molar-refractivity contribution in [3.05, 3.63) is 82.4 Å². The SMILES string of the molecule is COc1cc(C=C2C(=O)NN(c3ccccc3)C2=O)cc(Cl)c1OCc1ccc2c(c1)OCO2. The number of fused-ring (bicyclic) bond motifs is 1. The van der Waals surface area contributed by atoms with Crippen LogP contribution in [0.3, 0.4) is 0 Å². The molecule has 0 aliphatic carbocycles. The Morgan fingerprint density at radius 1 is 1.06 bits per heavy atom. The van der Waals surface area contributed by atoms with E-state index >= 15 is 0 Å². The first-order valence-electron chi connectivity index (χ1n) is 10.3. The van der Waals surface area contributed by atoms with Crippen molar-refractivity contribution in [1.82, 2.24) is 5.43 Å². The molecule has 8 nitrogen and oxygen atoms in total. The first-order valence-corrected chi connectivity index (χ1v) is 10.7. The molecule has 0 atom stereocenters. The molecular weight excluding hydrogens is 460 g/mol. The zero-order valence-corrected chi connectivity index (χ0v) is 18.8. The van der Waals surface area contributed by atoms with Crippen molar-refractivity contribution in [2.75, 3.05) is 18.9 Å². The lowest BCUT2D eigenvalue weighted by molar-refractivity contribution is -0.117. The smallest absolute Gasteiger partial charge is 0.282 e. The van der Waals surface area contributed by atoms with E-state index in [-0.39, 0.29) is 24.0 Å². The van der Waals surface area contributed by atoms with E-state index in [0.717, 1.165) is 5.56 Å². The van der Waals surface area contributed by atoms with Gasteiger partial charge < -0.3 is 18.9 Å². The highest BCUT2D eigenvalue weighted by atomic mass is 35.5. The molecule has 0 spiro atoms. The molecule has 2 heterocycles. The van der Waals surface area contributed by atoms with Crippen molar-refractivity contribution in [3.63, 3.8) is 0 Å². The molecule has 0 unspecified atom stereocenters. The number of hydrazine groups is 1. The summed E-state index contributed by atoms with van der Waals surface area (Å²) in [5.74, 6) is 1.09. The molecule has 3 aromatic rings. The topological polar surface area (TPSA) is 86.3 Å². The third-order valence-electron chi connectivity index (χ3n) is 5.29. The summed E-state index contributed by atoms with van der Waals surface area (Å²) in [7, 11) is 1.49. The van der Waals surface area contributed by atoms with Gasteiger partial charge >= 0.3 is 0 Å². The third kappa shape index (κ3) is 4.11. The number of nitrogens with one attached hydrogen (secondary N) is 1. The Kier molecular flexibility index (Phi) is 5.73. The van der Waals surface area contributed by atoms with Crippen molar-refractivity contribution in [3.8, 4) is 23.0 Å². The Balaban J connectivity index is 1.37. The lowest BCUT2D eigenvalue weighted by Crippen LogP contribution is -2.35. The van der Waals surface area contributed by atoms with E-state index in [1.165, 1.54) is 18.2 Å². The van der Waals surface area contributed by atoms with Gasteiger partial charge in [-0.05, 0) is 53.6 Å². The summed E-state index contributed by atoms with van der Waals surface area (Å²) < 4.78 is 22.1. The van der Waals surface area contributed by atoms with Crippen LogP contribution in [0.2, 0.25) is 5.02 Å². The van der Waals surface area contributed by atoms with Gasteiger partial charge in [-0.2, -0.15) is 0 Å². The quantitative estimate of drug-likeness (QED) is 0.424. The molecule has 2 aliphatic heterocycles. The molecule has 0 saturated carbocycles. The van der Waals surface area contributed by atoms with Crippen molar-refractivity contribution in [1.29, 1.82) is 0 Å². The summed E-state index contributed by atoms with van der Waals surface area (Å²) in [6.45, 7) is 0.417. The summed E-state index contributed by atoms with van der Waals surface area (Å²) >= 11 is 6.48. The number of hydrogen-bond donors (Lipinski definition) is 1. The second-order valence-electron chi connectivity index (χ2n) is 7.49. The van der Waals surface area contributed by atoms with Crippen LogP contribution in [0.4, 0.5) is 5.69 Å². The maximum Gasteiger partial charge on any atom is 0.282 e.